The molecule has 0 aliphatic heterocycles. The van der Waals surface area contributed by atoms with Gasteiger partial charge in [-0.3, -0.25) is 9.59 Å². The van der Waals surface area contributed by atoms with E-state index in [0.717, 1.165) is 15.4 Å². The summed E-state index contributed by atoms with van der Waals surface area (Å²) in [5, 5.41) is 6.59. The molecule has 0 aromatic heterocycles. The Hall–Kier alpha value is -2.39. The zero-order valence-electron chi connectivity index (χ0n) is 16.7. The maximum atomic E-state index is 12.0. The van der Waals surface area contributed by atoms with Crippen molar-refractivity contribution < 1.29 is 19.1 Å². The molecule has 0 bridgehead atoms. The van der Waals surface area contributed by atoms with E-state index in [4.69, 9.17) is 9.47 Å². The highest BCUT2D eigenvalue weighted by Crippen LogP contribution is 2.36. The fourth-order valence-electron chi connectivity index (χ4n) is 2.39. The molecule has 0 saturated carbocycles. The molecule has 160 valence electrons. The zero-order valence-corrected chi connectivity index (χ0v) is 19.9. The van der Waals surface area contributed by atoms with Crippen LogP contribution < -0.4 is 20.2 Å². The molecule has 0 spiro atoms. The van der Waals surface area contributed by atoms with Gasteiger partial charge in [-0.05, 0) is 75.0 Å². The van der Waals surface area contributed by atoms with Crippen LogP contribution in [0.1, 0.15) is 32.3 Å². The topological polar surface area (TPSA) is 89.0 Å². The SMILES string of the molecule is CCCOc1c(Br)cc(C=NNC(=O)CC(=O)Nc2ccccc2Br)cc1OCC. The van der Waals surface area contributed by atoms with Crippen LogP contribution in [0.2, 0.25) is 0 Å². The lowest BCUT2D eigenvalue weighted by Crippen LogP contribution is -2.24. The number of amides is 2. The zero-order chi connectivity index (χ0) is 21.9. The molecule has 2 N–H and O–H groups in total. The highest BCUT2D eigenvalue weighted by Gasteiger charge is 2.12. The van der Waals surface area contributed by atoms with Crippen LogP contribution in [-0.4, -0.2) is 31.2 Å². The van der Waals surface area contributed by atoms with Gasteiger partial charge in [-0.2, -0.15) is 5.10 Å². The number of nitrogens with one attached hydrogen (secondary N) is 2. The second-order valence-electron chi connectivity index (χ2n) is 6.11. The fraction of sp³-hybridized carbons (Fsp3) is 0.286. The molecule has 0 saturated heterocycles. The Balaban J connectivity index is 1.96. The summed E-state index contributed by atoms with van der Waals surface area (Å²) >= 11 is 6.82. The molecular weight excluding hydrogens is 518 g/mol. The summed E-state index contributed by atoms with van der Waals surface area (Å²) in [4.78, 5) is 24.0. The molecule has 0 radical (unpaired) electrons. The molecule has 0 aliphatic rings. The lowest BCUT2D eigenvalue weighted by molar-refractivity contribution is -0.126. The number of hydrogen-bond donors (Lipinski definition) is 2. The third-order valence-electron chi connectivity index (χ3n) is 3.65. The van der Waals surface area contributed by atoms with E-state index in [-0.39, 0.29) is 6.42 Å². The third-order valence-corrected chi connectivity index (χ3v) is 4.93. The van der Waals surface area contributed by atoms with Gasteiger partial charge in [0.2, 0.25) is 11.8 Å². The number of benzene rings is 2. The van der Waals surface area contributed by atoms with E-state index in [2.05, 4.69) is 47.7 Å². The number of nitrogens with zero attached hydrogens (tertiary/aromatic N) is 1. The summed E-state index contributed by atoms with van der Waals surface area (Å²) in [7, 11) is 0. The van der Waals surface area contributed by atoms with E-state index in [9.17, 15) is 9.59 Å². The van der Waals surface area contributed by atoms with Gasteiger partial charge in [0.25, 0.3) is 0 Å². The molecule has 0 atom stereocenters. The number of anilines is 1. The number of hydrogen-bond acceptors (Lipinski definition) is 5. The number of carbonyl (C=O) groups excluding carboxylic acids is 2. The number of carbonyl (C=O) groups is 2. The Morgan fingerprint density at radius 2 is 1.83 bits per heavy atom. The van der Waals surface area contributed by atoms with Crippen LogP contribution >= 0.6 is 31.9 Å². The predicted molar refractivity (Wildman–Crippen MR) is 124 cm³/mol. The van der Waals surface area contributed by atoms with Gasteiger partial charge in [0.1, 0.15) is 6.42 Å². The van der Waals surface area contributed by atoms with Crippen LogP contribution in [0.5, 0.6) is 11.5 Å². The molecule has 2 rings (SSSR count). The van der Waals surface area contributed by atoms with Gasteiger partial charge in [0, 0.05) is 4.47 Å². The number of rotatable bonds is 10. The standard InChI is InChI=1S/C21H23Br2N3O4/c1-3-9-30-21-16(23)10-14(11-18(21)29-4-2)13-24-26-20(28)12-19(27)25-17-8-6-5-7-15(17)22/h5-8,10-11,13H,3-4,9,12H2,1-2H3,(H,25,27)(H,26,28). The maximum absolute atomic E-state index is 12.0. The molecule has 0 aliphatic carbocycles. The van der Waals surface area contributed by atoms with Gasteiger partial charge < -0.3 is 14.8 Å². The molecule has 2 amide bonds. The second-order valence-corrected chi connectivity index (χ2v) is 7.82. The molecule has 0 unspecified atom stereocenters. The first-order valence-electron chi connectivity index (χ1n) is 9.40. The van der Waals surface area contributed by atoms with Crippen LogP contribution in [0.4, 0.5) is 5.69 Å². The van der Waals surface area contributed by atoms with Crippen LogP contribution in [0.15, 0.2) is 50.4 Å². The molecule has 0 heterocycles. The normalized spacial score (nSPS) is 10.7. The van der Waals surface area contributed by atoms with Crippen molar-refractivity contribution in [2.75, 3.05) is 18.5 Å². The van der Waals surface area contributed by atoms with Gasteiger partial charge in [-0.1, -0.05) is 19.1 Å². The highest BCUT2D eigenvalue weighted by molar-refractivity contribution is 9.11. The van der Waals surface area contributed by atoms with Crippen molar-refractivity contribution in [1.82, 2.24) is 5.43 Å². The van der Waals surface area contributed by atoms with Crippen LogP contribution in [0.25, 0.3) is 0 Å². The number of hydrazone groups is 1. The summed E-state index contributed by atoms with van der Waals surface area (Å²) in [6.45, 7) is 4.97. The van der Waals surface area contributed by atoms with Crippen LogP contribution in [-0.2, 0) is 9.59 Å². The fourth-order valence-corrected chi connectivity index (χ4v) is 3.35. The Kier molecular flexibility index (Phi) is 9.82. The third kappa shape index (κ3) is 7.46. The molecule has 2 aromatic carbocycles. The van der Waals surface area contributed by atoms with Crippen molar-refractivity contribution in [3.8, 4) is 11.5 Å². The Morgan fingerprint density at radius 3 is 2.53 bits per heavy atom. The second kappa shape index (κ2) is 12.3. The summed E-state index contributed by atoms with van der Waals surface area (Å²) in [6.07, 6.45) is 2.00. The lowest BCUT2D eigenvalue weighted by Gasteiger charge is -2.14. The molecule has 7 nitrogen and oxygen atoms in total. The van der Waals surface area contributed by atoms with Crippen molar-refractivity contribution in [2.24, 2.45) is 5.10 Å². The van der Waals surface area contributed by atoms with E-state index in [1.54, 1.807) is 24.3 Å². The van der Waals surface area contributed by atoms with Gasteiger partial charge >= 0.3 is 0 Å². The largest absolute Gasteiger partial charge is 0.490 e. The number of ether oxygens (including phenoxy) is 2. The highest BCUT2D eigenvalue weighted by atomic mass is 79.9. The van der Waals surface area contributed by atoms with E-state index in [1.165, 1.54) is 6.21 Å². The number of halogens is 2. The monoisotopic (exact) mass is 539 g/mol. The first-order valence-corrected chi connectivity index (χ1v) is 11.0. The summed E-state index contributed by atoms with van der Waals surface area (Å²) in [5.41, 5.74) is 3.65. The average Bonchev–Trinajstić information content (AvgIpc) is 2.69. The van der Waals surface area contributed by atoms with Gasteiger partial charge in [0.15, 0.2) is 11.5 Å². The Bertz CT molecular complexity index is 919. The van der Waals surface area contributed by atoms with E-state index < -0.39 is 11.8 Å². The molecule has 0 fully saturated rings. The predicted octanol–water partition coefficient (Wildman–Crippen LogP) is 4.88. The minimum absolute atomic E-state index is 0.351. The number of para-hydroxylation sites is 1. The average molecular weight is 541 g/mol. The smallest absolute Gasteiger partial charge is 0.249 e. The first kappa shape index (κ1) is 23.9. The quantitative estimate of drug-likeness (QED) is 0.255. The molecule has 2 aromatic rings. The molecular formula is C21H23Br2N3O4. The minimum atomic E-state index is -0.525. The minimum Gasteiger partial charge on any atom is -0.490 e. The maximum Gasteiger partial charge on any atom is 0.249 e. The van der Waals surface area contributed by atoms with E-state index >= 15 is 0 Å². The Morgan fingerprint density at radius 1 is 1.07 bits per heavy atom. The van der Waals surface area contributed by atoms with Crippen molar-refractivity contribution in [3.05, 3.63) is 50.9 Å². The van der Waals surface area contributed by atoms with E-state index in [0.29, 0.717) is 36.0 Å². The van der Waals surface area contributed by atoms with Gasteiger partial charge in [0.05, 0.1) is 29.6 Å². The van der Waals surface area contributed by atoms with Gasteiger partial charge in [-0.15, -0.1) is 0 Å². The van der Waals surface area contributed by atoms with Crippen molar-refractivity contribution in [3.63, 3.8) is 0 Å². The van der Waals surface area contributed by atoms with Crippen LogP contribution in [0.3, 0.4) is 0 Å². The van der Waals surface area contributed by atoms with Crippen molar-refractivity contribution in [2.45, 2.75) is 26.7 Å². The molecule has 30 heavy (non-hydrogen) atoms. The summed E-state index contributed by atoms with van der Waals surface area (Å²) in [6, 6.07) is 10.7. The summed E-state index contributed by atoms with van der Waals surface area (Å²) < 4.78 is 12.8. The summed E-state index contributed by atoms with van der Waals surface area (Å²) in [5.74, 6) is 0.251. The lowest BCUT2D eigenvalue weighted by atomic mass is 10.2. The van der Waals surface area contributed by atoms with Crippen molar-refractivity contribution >= 4 is 55.6 Å². The Labute approximate surface area is 192 Å². The van der Waals surface area contributed by atoms with Crippen LogP contribution in [0, 0.1) is 0 Å². The molecule has 9 heteroatoms. The van der Waals surface area contributed by atoms with Gasteiger partial charge in [-0.25, -0.2) is 5.43 Å². The first-order chi connectivity index (χ1) is 14.4. The van der Waals surface area contributed by atoms with E-state index in [1.807, 2.05) is 26.0 Å². The van der Waals surface area contributed by atoms with Crippen molar-refractivity contribution in [1.29, 1.82) is 0 Å².